The fourth-order valence-corrected chi connectivity index (χ4v) is 1.74. The second-order valence-electron chi connectivity index (χ2n) is 4.77. The number of nitrogens with one attached hydrogen (secondary N) is 1. The Balaban J connectivity index is 1.81. The van der Waals surface area contributed by atoms with Crippen LogP contribution in [0, 0.1) is 0 Å². The molecular formula is C14H20N4O. The van der Waals surface area contributed by atoms with Gasteiger partial charge in [0.15, 0.2) is 0 Å². The molecule has 1 aromatic heterocycles. The Hall–Kier alpha value is -1.88. The molecule has 2 rings (SSSR count). The topological polar surface area (TPSA) is 52.0 Å². The van der Waals surface area contributed by atoms with Crippen LogP contribution in [0.2, 0.25) is 0 Å². The normalized spacial score (nSPS) is 10.9. The van der Waals surface area contributed by atoms with Crippen molar-refractivity contribution in [3.8, 4) is 5.75 Å². The standard InChI is InChI=1S/C14H20N4O/c1-11(2)19-13-6-4-12(5-7-13)8-15-9-14-17-16-10-18(14)3/h4-7,10-11,15H,8-9H2,1-3H3. The van der Waals surface area contributed by atoms with Gasteiger partial charge in [0, 0.05) is 13.6 Å². The van der Waals surface area contributed by atoms with Gasteiger partial charge in [0.25, 0.3) is 0 Å². The first-order valence-corrected chi connectivity index (χ1v) is 6.44. The van der Waals surface area contributed by atoms with Gasteiger partial charge in [-0.1, -0.05) is 12.1 Å². The summed E-state index contributed by atoms with van der Waals surface area (Å²) in [5.41, 5.74) is 1.22. The first kappa shape index (κ1) is 13.5. The predicted molar refractivity (Wildman–Crippen MR) is 73.8 cm³/mol. The van der Waals surface area contributed by atoms with Crippen molar-refractivity contribution in [2.75, 3.05) is 0 Å². The molecule has 0 aliphatic heterocycles. The molecule has 1 N–H and O–H groups in total. The molecule has 0 aliphatic rings. The highest BCUT2D eigenvalue weighted by Crippen LogP contribution is 2.13. The highest BCUT2D eigenvalue weighted by Gasteiger charge is 2.01. The number of aryl methyl sites for hydroxylation is 1. The summed E-state index contributed by atoms with van der Waals surface area (Å²) in [7, 11) is 1.94. The van der Waals surface area contributed by atoms with Gasteiger partial charge in [-0.25, -0.2) is 0 Å². The molecule has 0 unspecified atom stereocenters. The van der Waals surface area contributed by atoms with E-state index in [4.69, 9.17) is 4.74 Å². The number of nitrogens with zero attached hydrogens (tertiary/aromatic N) is 3. The van der Waals surface area contributed by atoms with Gasteiger partial charge in [-0.15, -0.1) is 10.2 Å². The minimum atomic E-state index is 0.208. The van der Waals surface area contributed by atoms with Crippen molar-refractivity contribution in [1.29, 1.82) is 0 Å². The van der Waals surface area contributed by atoms with Gasteiger partial charge >= 0.3 is 0 Å². The molecule has 0 amide bonds. The maximum Gasteiger partial charge on any atom is 0.146 e. The van der Waals surface area contributed by atoms with Crippen molar-refractivity contribution in [3.05, 3.63) is 42.0 Å². The van der Waals surface area contributed by atoms with Crippen molar-refractivity contribution in [2.24, 2.45) is 7.05 Å². The van der Waals surface area contributed by atoms with Crippen LogP contribution in [0.25, 0.3) is 0 Å². The molecule has 0 saturated heterocycles. The fraction of sp³-hybridized carbons (Fsp3) is 0.429. The molecule has 5 nitrogen and oxygen atoms in total. The van der Waals surface area contributed by atoms with E-state index in [-0.39, 0.29) is 6.10 Å². The third-order valence-corrected chi connectivity index (χ3v) is 2.71. The summed E-state index contributed by atoms with van der Waals surface area (Å²) in [5.74, 6) is 1.84. The van der Waals surface area contributed by atoms with Gasteiger partial charge in [-0.2, -0.15) is 0 Å². The van der Waals surface area contributed by atoms with Crippen LogP contribution in [0.4, 0.5) is 0 Å². The highest BCUT2D eigenvalue weighted by molar-refractivity contribution is 5.27. The summed E-state index contributed by atoms with van der Waals surface area (Å²) in [5, 5.41) is 11.2. The van der Waals surface area contributed by atoms with E-state index >= 15 is 0 Å². The lowest BCUT2D eigenvalue weighted by atomic mass is 10.2. The maximum absolute atomic E-state index is 5.61. The molecule has 0 aliphatic carbocycles. The van der Waals surface area contributed by atoms with Crippen molar-refractivity contribution < 1.29 is 4.74 Å². The molecule has 1 heterocycles. The molecule has 102 valence electrons. The SMILES string of the molecule is CC(C)Oc1ccc(CNCc2nncn2C)cc1. The molecular weight excluding hydrogens is 240 g/mol. The zero-order valence-electron chi connectivity index (χ0n) is 11.6. The lowest BCUT2D eigenvalue weighted by molar-refractivity contribution is 0.242. The molecule has 0 spiro atoms. The fourth-order valence-electron chi connectivity index (χ4n) is 1.74. The smallest absolute Gasteiger partial charge is 0.146 e. The average Bonchev–Trinajstić information content (AvgIpc) is 2.77. The minimum absolute atomic E-state index is 0.208. The van der Waals surface area contributed by atoms with Crippen LogP contribution in [-0.4, -0.2) is 20.9 Å². The Morgan fingerprint density at radius 2 is 1.95 bits per heavy atom. The quantitative estimate of drug-likeness (QED) is 0.861. The second-order valence-corrected chi connectivity index (χ2v) is 4.77. The first-order valence-electron chi connectivity index (χ1n) is 6.44. The molecule has 0 bridgehead atoms. The predicted octanol–water partition coefficient (Wildman–Crippen LogP) is 1.89. The molecule has 0 atom stereocenters. The van der Waals surface area contributed by atoms with Crippen LogP contribution >= 0.6 is 0 Å². The molecule has 19 heavy (non-hydrogen) atoms. The van der Waals surface area contributed by atoms with E-state index in [1.807, 2.05) is 37.6 Å². The Labute approximate surface area is 113 Å². The summed E-state index contributed by atoms with van der Waals surface area (Å²) in [6.07, 6.45) is 1.91. The molecule has 2 aromatic rings. The summed E-state index contributed by atoms with van der Waals surface area (Å²) in [6, 6.07) is 8.14. The van der Waals surface area contributed by atoms with E-state index < -0.39 is 0 Å². The van der Waals surface area contributed by atoms with Crippen molar-refractivity contribution >= 4 is 0 Å². The Morgan fingerprint density at radius 1 is 1.21 bits per heavy atom. The van der Waals surface area contributed by atoms with Gasteiger partial charge in [0.2, 0.25) is 0 Å². The van der Waals surface area contributed by atoms with E-state index in [1.165, 1.54) is 5.56 Å². The van der Waals surface area contributed by atoms with E-state index in [9.17, 15) is 0 Å². The van der Waals surface area contributed by atoms with Crippen molar-refractivity contribution in [3.63, 3.8) is 0 Å². The van der Waals surface area contributed by atoms with E-state index in [1.54, 1.807) is 6.33 Å². The molecule has 0 saturated carbocycles. The molecule has 0 fully saturated rings. The third kappa shape index (κ3) is 4.06. The largest absolute Gasteiger partial charge is 0.491 e. The van der Waals surface area contributed by atoms with Crippen LogP contribution in [0.3, 0.4) is 0 Å². The number of ether oxygens (including phenoxy) is 1. The number of benzene rings is 1. The number of hydrogen-bond acceptors (Lipinski definition) is 4. The second kappa shape index (κ2) is 6.33. The Bertz CT molecular complexity index is 504. The summed E-state index contributed by atoms with van der Waals surface area (Å²) in [6.45, 7) is 5.56. The van der Waals surface area contributed by atoms with Gasteiger partial charge in [0.1, 0.15) is 17.9 Å². The zero-order chi connectivity index (χ0) is 13.7. The number of rotatable bonds is 6. The number of aromatic nitrogens is 3. The van der Waals surface area contributed by atoms with E-state index in [0.29, 0.717) is 6.54 Å². The van der Waals surface area contributed by atoms with Gasteiger partial charge in [-0.05, 0) is 31.5 Å². The Kier molecular flexibility index (Phi) is 4.52. The lowest BCUT2D eigenvalue weighted by Crippen LogP contribution is -2.15. The number of hydrogen-bond donors (Lipinski definition) is 1. The maximum atomic E-state index is 5.61. The van der Waals surface area contributed by atoms with Crippen molar-refractivity contribution in [1.82, 2.24) is 20.1 Å². The van der Waals surface area contributed by atoms with Crippen molar-refractivity contribution in [2.45, 2.75) is 33.0 Å². The van der Waals surface area contributed by atoms with Crippen LogP contribution in [0.5, 0.6) is 5.75 Å². The first-order chi connectivity index (χ1) is 9.15. The molecule has 5 heteroatoms. The highest BCUT2D eigenvalue weighted by atomic mass is 16.5. The van der Waals surface area contributed by atoms with Crippen LogP contribution in [-0.2, 0) is 20.1 Å². The molecule has 1 aromatic carbocycles. The third-order valence-electron chi connectivity index (χ3n) is 2.71. The average molecular weight is 260 g/mol. The van der Waals surface area contributed by atoms with Gasteiger partial charge in [0.05, 0.1) is 12.6 Å². The van der Waals surface area contributed by atoms with E-state index in [2.05, 4.69) is 27.6 Å². The van der Waals surface area contributed by atoms with Gasteiger partial charge in [-0.3, -0.25) is 0 Å². The lowest BCUT2D eigenvalue weighted by Gasteiger charge is -2.10. The summed E-state index contributed by atoms with van der Waals surface area (Å²) >= 11 is 0. The minimum Gasteiger partial charge on any atom is -0.491 e. The van der Waals surface area contributed by atoms with Gasteiger partial charge < -0.3 is 14.6 Å². The Morgan fingerprint density at radius 3 is 2.53 bits per heavy atom. The van der Waals surface area contributed by atoms with Crippen LogP contribution in [0.1, 0.15) is 25.2 Å². The molecule has 0 radical (unpaired) electrons. The zero-order valence-corrected chi connectivity index (χ0v) is 11.6. The van der Waals surface area contributed by atoms with Crippen LogP contribution < -0.4 is 10.1 Å². The monoisotopic (exact) mass is 260 g/mol. The van der Waals surface area contributed by atoms with E-state index in [0.717, 1.165) is 18.1 Å². The summed E-state index contributed by atoms with van der Waals surface area (Å²) in [4.78, 5) is 0. The summed E-state index contributed by atoms with van der Waals surface area (Å²) < 4.78 is 7.52. The van der Waals surface area contributed by atoms with Crippen LogP contribution in [0.15, 0.2) is 30.6 Å².